The van der Waals surface area contributed by atoms with Gasteiger partial charge in [0.1, 0.15) is 5.84 Å². The topological polar surface area (TPSA) is 71.9 Å². The summed E-state index contributed by atoms with van der Waals surface area (Å²) in [5.41, 5.74) is 8.44. The van der Waals surface area contributed by atoms with Crippen molar-refractivity contribution in [1.82, 2.24) is 4.57 Å². The van der Waals surface area contributed by atoms with E-state index in [0.29, 0.717) is 11.6 Å². The minimum atomic E-state index is -0.0899. The molecular formula is C16H23N3O. The fraction of sp³-hybridized carbons (Fsp3) is 0.625. The van der Waals surface area contributed by atoms with Crippen molar-refractivity contribution < 1.29 is 0 Å². The number of amidine groups is 1. The van der Waals surface area contributed by atoms with Gasteiger partial charge in [-0.2, -0.15) is 0 Å². The fourth-order valence-electron chi connectivity index (χ4n) is 3.75. The number of hydrogen-bond donors (Lipinski definition) is 2. The van der Waals surface area contributed by atoms with Gasteiger partial charge < -0.3 is 10.3 Å². The Hall–Kier alpha value is -1.58. The predicted octanol–water partition coefficient (Wildman–Crippen LogP) is 2.52. The van der Waals surface area contributed by atoms with E-state index in [4.69, 9.17) is 11.1 Å². The highest BCUT2D eigenvalue weighted by Crippen LogP contribution is 2.31. The maximum Gasteiger partial charge on any atom is 0.262 e. The third-order valence-electron chi connectivity index (χ3n) is 4.77. The molecule has 3 N–H and O–H groups in total. The SMILES string of the molecule is N=C(N)c1cc2c(n(C3CCCCC3)c1=O)CCCC2. The lowest BCUT2D eigenvalue weighted by Crippen LogP contribution is -2.36. The summed E-state index contributed by atoms with van der Waals surface area (Å²) in [5, 5.41) is 7.67. The Labute approximate surface area is 119 Å². The standard InChI is InChI=1S/C16H23N3O/c17-15(18)13-10-11-6-4-5-9-14(11)19(16(13)20)12-7-2-1-3-8-12/h10,12H,1-9H2,(H3,17,18). The molecule has 0 unspecified atom stereocenters. The van der Waals surface area contributed by atoms with Gasteiger partial charge in [0.15, 0.2) is 0 Å². The number of hydrogen-bond acceptors (Lipinski definition) is 2. The summed E-state index contributed by atoms with van der Waals surface area (Å²) in [7, 11) is 0. The molecule has 1 heterocycles. The lowest BCUT2D eigenvalue weighted by molar-refractivity contribution is 0.334. The maximum atomic E-state index is 12.7. The molecule has 3 rings (SSSR count). The molecule has 4 nitrogen and oxygen atoms in total. The Kier molecular flexibility index (Phi) is 3.64. The van der Waals surface area contributed by atoms with Gasteiger partial charge in [-0.25, -0.2) is 0 Å². The number of nitrogen functional groups attached to an aromatic ring is 1. The molecule has 20 heavy (non-hydrogen) atoms. The molecule has 0 spiro atoms. The molecule has 0 bridgehead atoms. The molecule has 4 heteroatoms. The lowest BCUT2D eigenvalue weighted by atomic mass is 9.90. The second-order valence-electron chi connectivity index (χ2n) is 6.12. The van der Waals surface area contributed by atoms with Gasteiger partial charge in [0, 0.05) is 11.7 Å². The first kappa shape index (κ1) is 13.4. The summed E-state index contributed by atoms with van der Waals surface area (Å²) < 4.78 is 2.00. The van der Waals surface area contributed by atoms with E-state index >= 15 is 0 Å². The Morgan fingerprint density at radius 1 is 1.15 bits per heavy atom. The molecule has 0 amide bonds. The van der Waals surface area contributed by atoms with Crippen LogP contribution in [0.25, 0.3) is 0 Å². The van der Waals surface area contributed by atoms with Crippen LogP contribution in [0.3, 0.4) is 0 Å². The summed E-state index contributed by atoms with van der Waals surface area (Å²) in [6.45, 7) is 0. The highest BCUT2D eigenvalue weighted by atomic mass is 16.1. The minimum absolute atomic E-state index is 0.0370. The van der Waals surface area contributed by atoms with Crippen molar-refractivity contribution in [1.29, 1.82) is 5.41 Å². The minimum Gasteiger partial charge on any atom is -0.384 e. The van der Waals surface area contributed by atoms with Gasteiger partial charge in [-0.05, 0) is 50.2 Å². The predicted molar refractivity (Wildman–Crippen MR) is 80.5 cm³/mol. The van der Waals surface area contributed by atoms with E-state index < -0.39 is 0 Å². The second-order valence-corrected chi connectivity index (χ2v) is 6.12. The van der Waals surface area contributed by atoms with Crippen LogP contribution >= 0.6 is 0 Å². The van der Waals surface area contributed by atoms with Gasteiger partial charge in [0.05, 0.1) is 5.56 Å². The molecule has 1 aromatic rings. The molecule has 1 aromatic heterocycles. The van der Waals surface area contributed by atoms with Gasteiger partial charge in [0.2, 0.25) is 0 Å². The number of aryl methyl sites for hydroxylation is 1. The Balaban J connectivity index is 2.16. The van der Waals surface area contributed by atoms with Crippen LogP contribution in [0.15, 0.2) is 10.9 Å². The first-order chi connectivity index (χ1) is 9.68. The van der Waals surface area contributed by atoms with Gasteiger partial charge >= 0.3 is 0 Å². The summed E-state index contributed by atoms with van der Waals surface area (Å²) in [5.74, 6) is -0.0899. The number of pyridine rings is 1. The largest absolute Gasteiger partial charge is 0.384 e. The fourth-order valence-corrected chi connectivity index (χ4v) is 3.75. The van der Waals surface area contributed by atoms with Gasteiger partial charge in [0.25, 0.3) is 5.56 Å². The van der Waals surface area contributed by atoms with Crippen molar-refractivity contribution in [2.45, 2.75) is 63.8 Å². The van der Waals surface area contributed by atoms with E-state index in [0.717, 1.165) is 25.7 Å². The molecule has 0 aromatic carbocycles. The van der Waals surface area contributed by atoms with Crippen LogP contribution in [-0.4, -0.2) is 10.4 Å². The Morgan fingerprint density at radius 2 is 1.85 bits per heavy atom. The number of nitrogens with one attached hydrogen (secondary N) is 1. The number of aromatic nitrogens is 1. The first-order valence-electron chi connectivity index (χ1n) is 7.80. The van der Waals surface area contributed by atoms with E-state index in [-0.39, 0.29) is 11.4 Å². The summed E-state index contributed by atoms with van der Waals surface area (Å²) >= 11 is 0. The monoisotopic (exact) mass is 273 g/mol. The molecule has 0 atom stereocenters. The van der Waals surface area contributed by atoms with Crippen molar-refractivity contribution in [2.75, 3.05) is 0 Å². The third-order valence-corrected chi connectivity index (χ3v) is 4.77. The zero-order chi connectivity index (χ0) is 14.1. The molecule has 1 saturated carbocycles. The van der Waals surface area contributed by atoms with Crippen LogP contribution in [0.1, 0.15) is 67.8 Å². The maximum absolute atomic E-state index is 12.7. The van der Waals surface area contributed by atoms with Crippen molar-refractivity contribution >= 4 is 5.84 Å². The molecule has 1 fully saturated rings. The highest BCUT2D eigenvalue weighted by Gasteiger charge is 2.24. The molecule has 108 valence electrons. The molecule has 0 radical (unpaired) electrons. The van der Waals surface area contributed by atoms with Gasteiger partial charge in [-0.15, -0.1) is 0 Å². The number of fused-ring (bicyclic) bond motifs is 1. The number of rotatable bonds is 2. The van der Waals surface area contributed by atoms with Crippen LogP contribution in [0, 0.1) is 5.41 Å². The van der Waals surface area contributed by atoms with E-state index in [1.165, 1.54) is 43.4 Å². The third kappa shape index (κ3) is 2.28. The van der Waals surface area contributed by atoms with Crippen LogP contribution in [-0.2, 0) is 12.8 Å². The second kappa shape index (κ2) is 5.43. The Morgan fingerprint density at radius 3 is 2.55 bits per heavy atom. The van der Waals surface area contributed by atoms with Crippen molar-refractivity contribution in [3.8, 4) is 0 Å². The van der Waals surface area contributed by atoms with E-state index in [1.54, 1.807) is 0 Å². The summed E-state index contributed by atoms with van der Waals surface area (Å²) in [6, 6.07) is 2.20. The zero-order valence-electron chi connectivity index (χ0n) is 12.0. The van der Waals surface area contributed by atoms with Gasteiger partial charge in [-0.3, -0.25) is 10.2 Å². The quantitative estimate of drug-likeness (QED) is 0.642. The van der Waals surface area contributed by atoms with Crippen LogP contribution in [0.2, 0.25) is 0 Å². The normalized spacial score (nSPS) is 19.6. The van der Waals surface area contributed by atoms with E-state index in [2.05, 4.69) is 0 Å². The number of nitrogens with two attached hydrogens (primary N) is 1. The molecule has 0 saturated heterocycles. The average Bonchev–Trinajstić information content (AvgIpc) is 2.47. The summed E-state index contributed by atoms with van der Waals surface area (Å²) in [6.07, 6.45) is 10.2. The van der Waals surface area contributed by atoms with Crippen molar-refractivity contribution in [2.24, 2.45) is 5.73 Å². The Bertz CT molecular complexity index is 582. The smallest absolute Gasteiger partial charge is 0.262 e. The van der Waals surface area contributed by atoms with Crippen molar-refractivity contribution in [3.63, 3.8) is 0 Å². The molecular weight excluding hydrogens is 250 g/mol. The molecule has 2 aliphatic rings. The van der Waals surface area contributed by atoms with Gasteiger partial charge in [-0.1, -0.05) is 19.3 Å². The highest BCUT2D eigenvalue weighted by molar-refractivity contribution is 5.94. The molecule has 0 aliphatic heterocycles. The first-order valence-corrected chi connectivity index (χ1v) is 7.80. The van der Waals surface area contributed by atoms with E-state index in [1.807, 2.05) is 10.6 Å². The van der Waals surface area contributed by atoms with Crippen LogP contribution < -0.4 is 11.3 Å². The summed E-state index contributed by atoms with van der Waals surface area (Å²) in [4.78, 5) is 12.7. The van der Waals surface area contributed by atoms with E-state index in [9.17, 15) is 4.79 Å². The average molecular weight is 273 g/mol. The van der Waals surface area contributed by atoms with Crippen LogP contribution in [0.4, 0.5) is 0 Å². The van der Waals surface area contributed by atoms with Crippen LogP contribution in [0.5, 0.6) is 0 Å². The van der Waals surface area contributed by atoms with Crippen molar-refractivity contribution in [3.05, 3.63) is 33.2 Å². The lowest BCUT2D eigenvalue weighted by Gasteiger charge is -2.30. The zero-order valence-corrected chi connectivity index (χ0v) is 12.0. The molecule has 2 aliphatic carbocycles. The number of nitrogens with zero attached hydrogens (tertiary/aromatic N) is 1.